The van der Waals surface area contributed by atoms with Gasteiger partial charge >= 0.3 is 0 Å². The number of benzene rings is 2. The van der Waals surface area contributed by atoms with Crippen molar-refractivity contribution < 1.29 is 14.4 Å². The van der Waals surface area contributed by atoms with Crippen molar-refractivity contribution in [3.63, 3.8) is 0 Å². The maximum Gasteiger partial charge on any atom is 0.262 e. The van der Waals surface area contributed by atoms with Gasteiger partial charge in [-0.1, -0.05) is 35.6 Å². The maximum absolute atomic E-state index is 12.2. The summed E-state index contributed by atoms with van der Waals surface area (Å²) in [6.45, 7) is -0.357. The molecule has 2 heterocycles. The van der Waals surface area contributed by atoms with Gasteiger partial charge in [0, 0.05) is 0 Å². The molecule has 0 fully saturated rings. The Labute approximate surface area is 146 Å². The predicted octanol–water partition coefficient (Wildman–Crippen LogP) is 2.04. The summed E-state index contributed by atoms with van der Waals surface area (Å²) in [6, 6.07) is 14.1. The summed E-state index contributed by atoms with van der Waals surface area (Å²) in [6.07, 6.45) is 0. The number of nitrogens with zero attached hydrogens (tertiary/aromatic N) is 2. The van der Waals surface area contributed by atoms with Gasteiger partial charge in [0.1, 0.15) is 6.54 Å². The Bertz CT molecular complexity index is 946. The van der Waals surface area contributed by atoms with E-state index in [4.69, 9.17) is 0 Å². The summed E-state index contributed by atoms with van der Waals surface area (Å²) in [4.78, 5) is 41.8. The number of aromatic nitrogens is 1. The molecular formula is C17H12N4O3S. The fraction of sp³-hybridized carbons (Fsp3) is 0.0588. The minimum Gasteiger partial charge on any atom is -0.273 e. The molecule has 0 spiro atoms. The number of hydrogen-bond acceptors (Lipinski definition) is 6. The predicted molar refractivity (Wildman–Crippen MR) is 93.2 cm³/mol. The second-order valence-electron chi connectivity index (χ2n) is 5.40. The van der Waals surface area contributed by atoms with Crippen LogP contribution in [0.2, 0.25) is 0 Å². The van der Waals surface area contributed by atoms with Crippen molar-refractivity contribution in [3.8, 4) is 0 Å². The van der Waals surface area contributed by atoms with Crippen LogP contribution in [0.1, 0.15) is 20.7 Å². The van der Waals surface area contributed by atoms with E-state index in [0.29, 0.717) is 16.3 Å². The van der Waals surface area contributed by atoms with Crippen LogP contribution in [0.15, 0.2) is 48.5 Å². The Kier molecular flexibility index (Phi) is 3.66. The van der Waals surface area contributed by atoms with Crippen LogP contribution in [0.4, 0.5) is 5.13 Å². The SMILES string of the molecule is O=C(CN1C(=O)c2ccccc2C1=O)NNc1nc2ccccc2s1. The van der Waals surface area contributed by atoms with Crippen LogP contribution >= 0.6 is 11.3 Å². The van der Waals surface area contributed by atoms with Crippen molar-refractivity contribution in [2.24, 2.45) is 0 Å². The number of para-hydroxylation sites is 1. The third-order valence-corrected chi connectivity index (χ3v) is 4.73. The number of carbonyl (C=O) groups is 3. The molecule has 3 amide bonds. The van der Waals surface area contributed by atoms with Gasteiger partial charge in [0.05, 0.1) is 21.3 Å². The first-order valence-electron chi connectivity index (χ1n) is 7.49. The molecule has 2 aromatic carbocycles. The molecular weight excluding hydrogens is 340 g/mol. The summed E-state index contributed by atoms with van der Waals surface area (Å²) < 4.78 is 0.986. The number of fused-ring (bicyclic) bond motifs is 2. The standard InChI is InChI=1S/C17H12N4O3S/c22-14(19-20-17-18-12-7-3-4-8-13(12)25-17)9-21-15(23)10-5-1-2-6-11(10)16(21)24/h1-8H,9H2,(H,18,20)(H,19,22). The molecule has 124 valence electrons. The number of rotatable bonds is 4. The number of thiazole rings is 1. The molecule has 7 nitrogen and oxygen atoms in total. The van der Waals surface area contributed by atoms with Crippen LogP contribution in [0, 0.1) is 0 Å². The Balaban J connectivity index is 1.41. The van der Waals surface area contributed by atoms with Crippen molar-refractivity contribution in [1.82, 2.24) is 15.3 Å². The first-order valence-corrected chi connectivity index (χ1v) is 8.31. The zero-order valence-electron chi connectivity index (χ0n) is 12.9. The number of hydrazine groups is 1. The molecule has 1 aliphatic heterocycles. The number of anilines is 1. The van der Waals surface area contributed by atoms with Crippen LogP contribution in [0.5, 0.6) is 0 Å². The Hall–Kier alpha value is -3.26. The fourth-order valence-corrected chi connectivity index (χ4v) is 3.43. The summed E-state index contributed by atoms with van der Waals surface area (Å²) in [5.74, 6) is -1.43. The molecule has 0 saturated heterocycles. The van der Waals surface area contributed by atoms with Gasteiger partial charge in [-0.3, -0.25) is 30.1 Å². The molecule has 1 aliphatic rings. The van der Waals surface area contributed by atoms with E-state index < -0.39 is 17.7 Å². The average Bonchev–Trinajstić information content (AvgIpc) is 3.15. The zero-order valence-corrected chi connectivity index (χ0v) is 13.7. The van der Waals surface area contributed by atoms with Crippen molar-refractivity contribution in [2.75, 3.05) is 12.0 Å². The second kappa shape index (κ2) is 5.99. The lowest BCUT2D eigenvalue weighted by molar-refractivity contribution is -0.120. The van der Waals surface area contributed by atoms with E-state index in [9.17, 15) is 14.4 Å². The van der Waals surface area contributed by atoms with E-state index in [2.05, 4.69) is 15.8 Å². The maximum atomic E-state index is 12.2. The van der Waals surface area contributed by atoms with E-state index in [0.717, 1.165) is 15.1 Å². The highest BCUT2D eigenvalue weighted by molar-refractivity contribution is 7.22. The lowest BCUT2D eigenvalue weighted by Crippen LogP contribution is -2.42. The molecule has 0 aliphatic carbocycles. The molecule has 0 atom stereocenters. The topological polar surface area (TPSA) is 91.4 Å². The van der Waals surface area contributed by atoms with Crippen LogP contribution in [-0.2, 0) is 4.79 Å². The number of carbonyl (C=O) groups excluding carboxylic acids is 3. The minimum absolute atomic E-state index is 0.319. The van der Waals surface area contributed by atoms with Gasteiger partial charge < -0.3 is 0 Å². The Morgan fingerprint density at radius 3 is 2.32 bits per heavy atom. The molecule has 0 unspecified atom stereocenters. The molecule has 25 heavy (non-hydrogen) atoms. The van der Waals surface area contributed by atoms with Crippen LogP contribution in [-0.4, -0.2) is 34.2 Å². The molecule has 1 aromatic heterocycles. The summed E-state index contributed by atoms with van der Waals surface area (Å²) >= 11 is 1.39. The lowest BCUT2D eigenvalue weighted by atomic mass is 10.1. The third-order valence-electron chi connectivity index (χ3n) is 3.78. The van der Waals surface area contributed by atoms with Crippen LogP contribution in [0.25, 0.3) is 10.2 Å². The smallest absolute Gasteiger partial charge is 0.262 e. The first-order chi connectivity index (χ1) is 12.1. The van der Waals surface area contributed by atoms with Gasteiger partial charge in [0.25, 0.3) is 17.7 Å². The second-order valence-corrected chi connectivity index (χ2v) is 6.43. The number of amides is 3. The van der Waals surface area contributed by atoms with E-state index in [1.165, 1.54) is 11.3 Å². The van der Waals surface area contributed by atoms with Crippen LogP contribution < -0.4 is 10.9 Å². The van der Waals surface area contributed by atoms with E-state index in [1.807, 2.05) is 24.3 Å². The lowest BCUT2D eigenvalue weighted by Gasteiger charge is -2.13. The van der Waals surface area contributed by atoms with Gasteiger partial charge in [0.15, 0.2) is 0 Å². The monoisotopic (exact) mass is 352 g/mol. The van der Waals surface area contributed by atoms with Crippen molar-refractivity contribution in [3.05, 3.63) is 59.7 Å². The molecule has 0 bridgehead atoms. The number of nitrogens with one attached hydrogen (secondary N) is 2. The largest absolute Gasteiger partial charge is 0.273 e. The first kappa shape index (κ1) is 15.3. The molecule has 0 saturated carbocycles. The van der Waals surface area contributed by atoms with E-state index in [1.54, 1.807) is 24.3 Å². The average molecular weight is 352 g/mol. The molecule has 0 radical (unpaired) electrons. The highest BCUT2D eigenvalue weighted by atomic mass is 32.1. The Morgan fingerprint density at radius 2 is 1.64 bits per heavy atom. The summed E-state index contributed by atoms with van der Waals surface area (Å²) in [5, 5.41) is 0.525. The van der Waals surface area contributed by atoms with Crippen LogP contribution in [0.3, 0.4) is 0 Å². The van der Waals surface area contributed by atoms with Crippen molar-refractivity contribution in [2.45, 2.75) is 0 Å². The zero-order chi connectivity index (χ0) is 17.4. The number of hydrogen-bond donors (Lipinski definition) is 2. The van der Waals surface area contributed by atoms with Gasteiger partial charge in [0.2, 0.25) is 5.13 Å². The highest BCUT2D eigenvalue weighted by Gasteiger charge is 2.36. The van der Waals surface area contributed by atoms with Gasteiger partial charge in [-0.15, -0.1) is 0 Å². The molecule has 2 N–H and O–H groups in total. The van der Waals surface area contributed by atoms with Gasteiger partial charge in [-0.2, -0.15) is 0 Å². The highest BCUT2D eigenvalue weighted by Crippen LogP contribution is 2.25. The fourth-order valence-electron chi connectivity index (χ4n) is 2.61. The van der Waals surface area contributed by atoms with E-state index >= 15 is 0 Å². The Morgan fingerprint density at radius 1 is 1.00 bits per heavy atom. The molecule has 8 heteroatoms. The third kappa shape index (κ3) is 2.72. The molecule has 3 aromatic rings. The normalized spacial score (nSPS) is 13.2. The summed E-state index contributed by atoms with van der Waals surface area (Å²) in [7, 11) is 0. The van der Waals surface area contributed by atoms with Crippen molar-refractivity contribution >= 4 is 44.4 Å². The summed E-state index contributed by atoms with van der Waals surface area (Å²) in [5.41, 5.74) is 6.65. The van der Waals surface area contributed by atoms with Gasteiger partial charge in [-0.05, 0) is 24.3 Å². The van der Waals surface area contributed by atoms with Crippen molar-refractivity contribution in [1.29, 1.82) is 0 Å². The van der Waals surface area contributed by atoms with Gasteiger partial charge in [-0.25, -0.2) is 4.98 Å². The quantitative estimate of drug-likeness (QED) is 0.554. The van der Waals surface area contributed by atoms with E-state index in [-0.39, 0.29) is 6.54 Å². The molecule has 4 rings (SSSR count). The number of imide groups is 1. The minimum atomic E-state index is -0.506.